The van der Waals surface area contributed by atoms with Gasteiger partial charge in [-0.3, -0.25) is 14.4 Å². The Bertz CT molecular complexity index is 1340. The van der Waals surface area contributed by atoms with E-state index in [9.17, 15) is 14.4 Å². The van der Waals surface area contributed by atoms with Crippen LogP contribution >= 0.6 is 22.9 Å². The molecule has 0 aliphatic carbocycles. The summed E-state index contributed by atoms with van der Waals surface area (Å²) in [6, 6.07) is 14.3. The van der Waals surface area contributed by atoms with Gasteiger partial charge in [-0.05, 0) is 56.2 Å². The zero-order valence-electron chi connectivity index (χ0n) is 19.6. The van der Waals surface area contributed by atoms with Gasteiger partial charge in [0.25, 0.3) is 5.91 Å². The number of esters is 1. The molecule has 2 fully saturated rings. The maximum atomic E-state index is 13.9. The van der Waals surface area contributed by atoms with Crippen molar-refractivity contribution >= 4 is 51.4 Å². The highest BCUT2D eigenvalue weighted by molar-refractivity contribution is 7.17. The molecule has 0 unspecified atom stereocenters. The summed E-state index contributed by atoms with van der Waals surface area (Å²) in [4.78, 5) is 48.2. The molecular formula is C26H23ClN2O5S. The highest BCUT2D eigenvalue weighted by atomic mass is 35.5. The van der Waals surface area contributed by atoms with Crippen molar-refractivity contribution in [2.45, 2.75) is 32.9 Å². The van der Waals surface area contributed by atoms with Crippen LogP contribution in [-0.4, -0.2) is 31.0 Å². The quantitative estimate of drug-likeness (QED) is 0.356. The molecule has 0 spiro atoms. The number of thiophene rings is 1. The molecule has 180 valence electrons. The number of carbonyl (C=O) groups is 3. The summed E-state index contributed by atoms with van der Waals surface area (Å²) in [5, 5.41) is 2.47. The van der Waals surface area contributed by atoms with Crippen molar-refractivity contribution in [3.63, 3.8) is 0 Å². The van der Waals surface area contributed by atoms with Gasteiger partial charge in [0.15, 0.2) is 6.10 Å². The molecule has 0 saturated carbocycles. The smallest absolute Gasteiger partial charge is 0.341 e. The van der Waals surface area contributed by atoms with Gasteiger partial charge in [-0.15, -0.1) is 11.3 Å². The molecule has 0 N–H and O–H groups in total. The Balaban J connectivity index is 1.60. The lowest BCUT2D eigenvalue weighted by atomic mass is 9.90. The second-order valence-electron chi connectivity index (χ2n) is 8.68. The summed E-state index contributed by atoms with van der Waals surface area (Å²) in [6.45, 7) is 5.60. The van der Waals surface area contributed by atoms with E-state index < -0.39 is 35.8 Å². The van der Waals surface area contributed by atoms with E-state index in [1.807, 2.05) is 38.1 Å². The fraction of sp³-hybridized carbons (Fsp3) is 0.269. The van der Waals surface area contributed by atoms with Crippen LogP contribution in [0, 0.1) is 26.7 Å². The molecule has 3 aromatic rings. The van der Waals surface area contributed by atoms with Crippen LogP contribution in [0.5, 0.6) is 0 Å². The van der Waals surface area contributed by atoms with Crippen molar-refractivity contribution in [2.24, 2.45) is 5.92 Å². The van der Waals surface area contributed by atoms with Gasteiger partial charge in [-0.2, -0.15) is 0 Å². The zero-order chi connectivity index (χ0) is 25.0. The van der Waals surface area contributed by atoms with Crippen LogP contribution in [-0.2, 0) is 19.2 Å². The number of benzene rings is 2. The molecule has 2 aliphatic heterocycles. The lowest BCUT2D eigenvalue weighted by molar-refractivity contribution is -0.126. The van der Waals surface area contributed by atoms with Gasteiger partial charge in [0.05, 0.1) is 24.4 Å². The van der Waals surface area contributed by atoms with Gasteiger partial charge in [0.2, 0.25) is 5.91 Å². The molecule has 9 heteroatoms. The average Bonchev–Trinajstić information content (AvgIpc) is 3.45. The minimum Gasteiger partial charge on any atom is -0.465 e. The van der Waals surface area contributed by atoms with Gasteiger partial charge >= 0.3 is 5.97 Å². The number of rotatable bonds is 4. The molecule has 35 heavy (non-hydrogen) atoms. The third-order valence-corrected chi connectivity index (χ3v) is 8.02. The predicted molar refractivity (Wildman–Crippen MR) is 134 cm³/mol. The zero-order valence-corrected chi connectivity index (χ0v) is 21.1. The fourth-order valence-corrected chi connectivity index (χ4v) is 5.92. The Morgan fingerprint density at radius 2 is 1.66 bits per heavy atom. The SMILES string of the molecule is COC(=O)c1c(N2C(=O)[C@@H]3[C@@H](c4ccc(C)cc4)N(c4ccc(Cl)cc4)O[C@H]3C2=O)sc(C)c1C. The average molecular weight is 511 g/mol. The Hall–Kier alpha value is -3.20. The summed E-state index contributed by atoms with van der Waals surface area (Å²) >= 11 is 7.30. The highest BCUT2D eigenvalue weighted by Gasteiger charge is 2.61. The molecule has 3 heterocycles. The number of carbonyl (C=O) groups excluding carboxylic acids is 3. The molecular weight excluding hydrogens is 488 g/mol. The van der Waals surface area contributed by atoms with Crippen LogP contribution in [0.4, 0.5) is 10.7 Å². The topological polar surface area (TPSA) is 76.2 Å². The molecule has 2 aliphatic rings. The fourth-order valence-electron chi connectivity index (χ4n) is 4.64. The van der Waals surface area contributed by atoms with Crippen LogP contribution in [0.1, 0.15) is 38.0 Å². The number of nitrogens with zero attached hydrogens (tertiary/aromatic N) is 2. The number of fused-ring (bicyclic) bond motifs is 1. The largest absolute Gasteiger partial charge is 0.465 e. The number of halogens is 1. The molecule has 0 radical (unpaired) electrons. The van der Waals surface area contributed by atoms with Crippen molar-refractivity contribution in [2.75, 3.05) is 17.1 Å². The van der Waals surface area contributed by atoms with Gasteiger partial charge in [-0.25, -0.2) is 14.8 Å². The first-order valence-electron chi connectivity index (χ1n) is 11.1. The number of aryl methyl sites for hydroxylation is 2. The van der Waals surface area contributed by atoms with E-state index in [0.29, 0.717) is 16.3 Å². The minimum atomic E-state index is -1.03. The molecule has 3 atom stereocenters. The van der Waals surface area contributed by atoms with E-state index in [1.54, 1.807) is 36.3 Å². The van der Waals surface area contributed by atoms with Crippen LogP contribution in [0.25, 0.3) is 0 Å². The van der Waals surface area contributed by atoms with Gasteiger partial charge in [0.1, 0.15) is 10.9 Å². The number of ether oxygens (including phenoxy) is 1. The minimum absolute atomic E-state index is 0.234. The van der Waals surface area contributed by atoms with Crippen molar-refractivity contribution in [3.05, 3.63) is 80.7 Å². The third-order valence-electron chi connectivity index (χ3n) is 6.57. The van der Waals surface area contributed by atoms with Gasteiger partial charge in [0, 0.05) is 9.90 Å². The van der Waals surface area contributed by atoms with Crippen molar-refractivity contribution in [3.8, 4) is 0 Å². The molecule has 7 nitrogen and oxygen atoms in total. The van der Waals surface area contributed by atoms with E-state index in [-0.39, 0.29) is 10.6 Å². The van der Waals surface area contributed by atoms with Gasteiger partial charge < -0.3 is 4.74 Å². The Morgan fingerprint density at radius 3 is 2.29 bits per heavy atom. The first-order chi connectivity index (χ1) is 16.7. The maximum Gasteiger partial charge on any atom is 0.341 e. The second kappa shape index (κ2) is 8.78. The first kappa shape index (κ1) is 23.5. The molecule has 2 aromatic carbocycles. The van der Waals surface area contributed by atoms with Crippen molar-refractivity contribution in [1.29, 1.82) is 0 Å². The second-order valence-corrected chi connectivity index (χ2v) is 10.3. The van der Waals surface area contributed by atoms with E-state index in [0.717, 1.165) is 20.9 Å². The van der Waals surface area contributed by atoms with Crippen LogP contribution in [0.3, 0.4) is 0 Å². The molecule has 2 saturated heterocycles. The number of hydrogen-bond donors (Lipinski definition) is 0. The summed E-state index contributed by atoms with van der Waals surface area (Å²) in [5.41, 5.74) is 3.52. The first-order valence-corrected chi connectivity index (χ1v) is 12.3. The third kappa shape index (κ3) is 3.73. The summed E-state index contributed by atoms with van der Waals surface area (Å²) < 4.78 is 4.95. The lowest BCUT2D eigenvalue weighted by Gasteiger charge is -2.28. The normalized spacial score (nSPS) is 21.6. The summed E-state index contributed by atoms with van der Waals surface area (Å²) in [7, 11) is 1.28. The maximum absolute atomic E-state index is 13.9. The van der Waals surface area contributed by atoms with Crippen molar-refractivity contribution in [1.82, 2.24) is 0 Å². The Labute approximate surface area is 211 Å². The van der Waals surface area contributed by atoms with E-state index in [4.69, 9.17) is 21.2 Å². The summed E-state index contributed by atoms with van der Waals surface area (Å²) in [5.74, 6) is -2.29. The van der Waals surface area contributed by atoms with Crippen LogP contribution in [0.2, 0.25) is 5.02 Å². The Morgan fingerprint density at radius 1 is 1.00 bits per heavy atom. The standard InChI is InChI=1S/C26H23ClN2O5S/c1-13-5-7-16(8-6-13)21-20-22(34-29(21)18-11-9-17(27)10-12-18)24(31)28(23(20)30)25-19(26(32)33-4)14(2)15(3)35-25/h5-12,20-22H,1-4H3/t20-,21-,22-/m1/s1. The molecule has 1 aromatic heterocycles. The molecule has 2 amide bonds. The summed E-state index contributed by atoms with van der Waals surface area (Å²) in [6.07, 6.45) is -1.03. The predicted octanol–water partition coefficient (Wildman–Crippen LogP) is 5.16. The number of amides is 2. The number of hydroxylamine groups is 1. The van der Waals surface area contributed by atoms with E-state index >= 15 is 0 Å². The van der Waals surface area contributed by atoms with Crippen molar-refractivity contribution < 1.29 is 24.0 Å². The molecule has 5 rings (SSSR count). The monoisotopic (exact) mass is 510 g/mol. The van der Waals surface area contributed by atoms with Gasteiger partial charge in [-0.1, -0.05) is 41.4 Å². The lowest BCUT2D eigenvalue weighted by Crippen LogP contribution is -2.37. The number of methoxy groups -OCH3 is 1. The van der Waals surface area contributed by atoms with Crippen LogP contribution < -0.4 is 9.96 Å². The Kier molecular flexibility index (Phi) is 5.91. The number of imide groups is 1. The highest BCUT2D eigenvalue weighted by Crippen LogP contribution is 2.49. The van der Waals surface area contributed by atoms with E-state index in [1.165, 1.54) is 18.4 Å². The van der Waals surface area contributed by atoms with E-state index in [2.05, 4.69) is 0 Å². The molecule has 0 bridgehead atoms. The number of anilines is 2. The number of hydrogen-bond acceptors (Lipinski definition) is 7. The van der Waals surface area contributed by atoms with Crippen LogP contribution in [0.15, 0.2) is 48.5 Å².